The minimum Gasteiger partial charge on any atom is -0.227 e. The van der Waals surface area contributed by atoms with E-state index in [-0.39, 0.29) is 0 Å². The van der Waals surface area contributed by atoms with Crippen molar-refractivity contribution in [2.24, 2.45) is 0 Å². The molecule has 0 amide bonds. The number of halogens is 1. The van der Waals surface area contributed by atoms with Gasteiger partial charge in [0.15, 0.2) is 4.73 Å². The number of fused-ring (bicyclic) bond motifs is 1. The molecule has 0 atom stereocenters. The maximum absolute atomic E-state index is 4.24. The van der Waals surface area contributed by atoms with Gasteiger partial charge in [0.05, 0.1) is 5.52 Å². The molecule has 0 radical (unpaired) electrons. The number of hydrogen-bond acceptors (Lipinski definition) is 2. The zero-order valence-corrected chi connectivity index (χ0v) is 8.17. The molecule has 0 unspecified atom stereocenters. The first-order chi connectivity index (χ1) is 5.77. The highest BCUT2D eigenvalue weighted by Crippen LogP contribution is 2.16. The maximum atomic E-state index is 4.24. The molecule has 0 aliphatic carbocycles. The molecule has 1 aromatic carbocycles. The fraction of sp³-hybridized carbons (Fsp3) is 0.111. The second-order valence-corrected chi connectivity index (χ2v) is 3.30. The van der Waals surface area contributed by atoms with E-state index < -0.39 is 0 Å². The Hall–Kier alpha value is -0.960. The second-order valence-electron chi connectivity index (χ2n) is 2.60. The third-order valence-electron chi connectivity index (χ3n) is 1.77. The molecule has 0 N–H and O–H groups in total. The van der Waals surface area contributed by atoms with E-state index in [0.29, 0.717) is 4.73 Å². The van der Waals surface area contributed by atoms with Crippen LogP contribution in [0.15, 0.2) is 29.0 Å². The Labute approximate surface area is 78.8 Å². The highest BCUT2D eigenvalue weighted by atomic mass is 79.9. The van der Waals surface area contributed by atoms with Crippen LogP contribution < -0.4 is 0 Å². The van der Waals surface area contributed by atoms with Gasteiger partial charge >= 0.3 is 0 Å². The first kappa shape index (κ1) is 7.68. The Morgan fingerprint density at radius 2 is 1.92 bits per heavy atom. The molecular formula is C9H7BrN2. The van der Waals surface area contributed by atoms with Gasteiger partial charge in [-0.3, -0.25) is 0 Å². The van der Waals surface area contributed by atoms with Crippen molar-refractivity contribution in [1.82, 2.24) is 9.97 Å². The first-order valence-corrected chi connectivity index (χ1v) is 4.45. The van der Waals surface area contributed by atoms with E-state index in [4.69, 9.17) is 0 Å². The molecule has 0 aliphatic heterocycles. The van der Waals surface area contributed by atoms with Crippen molar-refractivity contribution < 1.29 is 0 Å². The van der Waals surface area contributed by atoms with Crippen LogP contribution in [-0.4, -0.2) is 9.97 Å². The molecule has 0 spiro atoms. The van der Waals surface area contributed by atoms with E-state index in [9.17, 15) is 0 Å². The van der Waals surface area contributed by atoms with Crippen LogP contribution in [0.25, 0.3) is 10.9 Å². The van der Waals surface area contributed by atoms with Gasteiger partial charge in [0.2, 0.25) is 0 Å². The number of nitrogens with zero attached hydrogens (tertiary/aromatic N) is 2. The van der Waals surface area contributed by atoms with E-state index in [1.165, 1.54) is 0 Å². The minimum atomic E-state index is 0.652. The predicted molar refractivity (Wildman–Crippen MR) is 52.0 cm³/mol. The van der Waals surface area contributed by atoms with Crippen LogP contribution in [-0.2, 0) is 0 Å². The average Bonchev–Trinajstić information content (AvgIpc) is 2.04. The van der Waals surface area contributed by atoms with Crippen LogP contribution in [0.4, 0.5) is 0 Å². The lowest BCUT2D eigenvalue weighted by atomic mass is 10.2. The number of hydrogen-bond donors (Lipinski definition) is 0. The summed E-state index contributed by atoms with van der Waals surface area (Å²) >= 11 is 3.26. The maximum Gasteiger partial charge on any atom is 0.197 e. The summed E-state index contributed by atoms with van der Waals surface area (Å²) in [6.45, 7) is 1.98. The second kappa shape index (κ2) is 2.83. The lowest BCUT2D eigenvalue weighted by Gasteiger charge is -1.99. The van der Waals surface area contributed by atoms with Crippen molar-refractivity contribution in [1.29, 1.82) is 0 Å². The van der Waals surface area contributed by atoms with Crippen molar-refractivity contribution in [2.75, 3.05) is 0 Å². The molecule has 12 heavy (non-hydrogen) atoms. The zero-order valence-electron chi connectivity index (χ0n) is 6.58. The van der Waals surface area contributed by atoms with Crippen LogP contribution in [0.2, 0.25) is 0 Å². The lowest BCUT2D eigenvalue weighted by Crippen LogP contribution is -1.88. The number of aromatic nitrogens is 2. The number of aryl methyl sites for hydroxylation is 1. The molecule has 0 saturated heterocycles. The molecule has 60 valence electrons. The van der Waals surface area contributed by atoms with Gasteiger partial charge in [-0.15, -0.1) is 0 Å². The summed E-state index contributed by atoms with van der Waals surface area (Å²) in [7, 11) is 0. The van der Waals surface area contributed by atoms with Gasteiger partial charge < -0.3 is 0 Å². The summed E-state index contributed by atoms with van der Waals surface area (Å²) in [5.41, 5.74) is 1.99. The smallest absolute Gasteiger partial charge is 0.197 e. The van der Waals surface area contributed by atoms with Crippen molar-refractivity contribution in [3.8, 4) is 0 Å². The SMILES string of the molecule is Cc1nc(Br)nc2ccccc12. The van der Waals surface area contributed by atoms with Crippen LogP contribution >= 0.6 is 15.9 Å². The van der Waals surface area contributed by atoms with Gasteiger partial charge in [-0.25, -0.2) is 9.97 Å². The van der Waals surface area contributed by atoms with Crippen molar-refractivity contribution in [3.63, 3.8) is 0 Å². The highest BCUT2D eigenvalue weighted by Gasteiger charge is 1.99. The lowest BCUT2D eigenvalue weighted by molar-refractivity contribution is 1.10. The third kappa shape index (κ3) is 1.20. The van der Waals surface area contributed by atoms with Crippen molar-refractivity contribution in [2.45, 2.75) is 6.92 Å². The van der Waals surface area contributed by atoms with Crippen LogP contribution in [0.5, 0.6) is 0 Å². The van der Waals surface area contributed by atoms with E-state index in [1.807, 2.05) is 31.2 Å². The van der Waals surface area contributed by atoms with E-state index in [2.05, 4.69) is 25.9 Å². The summed E-state index contributed by atoms with van der Waals surface area (Å²) in [5.74, 6) is 0. The van der Waals surface area contributed by atoms with Crippen LogP contribution in [0.1, 0.15) is 5.69 Å². The molecule has 2 rings (SSSR count). The Bertz CT molecular complexity index is 426. The Morgan fingerprint density at radius 3 is 2.75 bits per heavy atom. The van der Waals surface area contributed by atoms with Crippen molar-refractivity contribution in [3.05, 3.63) is 34.7 Å². The number of benzene rings is 1. The average molecular weight is 223 g/mol. The first-order valence-electron chi connectivity index (χ1n) is 3.66. The normalized spacial score (nSPS) is 10.5. The molecule has 2 aromatic rings. The molecule has 0 saturated carbocycles. The standard InChI is InChI=1S/C9H7BrN2/c1-6-7-4-2-3-5-8(7)12-9(10)11-6/h2-5H,1H3. The Balaban J connectivity index is 2.89. The quantitative estimate of drug-likeness (QED) is 0.641. The topological polar surface area (TPSA) is 25.8 Å². The highest BCUT2D eigenvalue weighted by molar-refractivity contribution is 9.10. The monoisotopic (exact) mass is 222 g/mol. The van der Waals surface area contributed by atoms with E-state index in [0.717, 1.165) is 16.6 Å². The Morgan fingerprint density at radius 1 is 1.17 bits per heavy atom. The minimum absolute atomic E-state index is 0.652. The molecule has 0 aliphatic rings. The molecule has 3 heteroatoms. The summed E-state index contributed by atoms with van der Waals surface area (Å²) in [5, 5.41) is 1.11. The summed E-state index contributed by atoms with van der Waals surface area (Å²) < 4.78 is 0.652. The van der Waals surface area contributed by atoms with Gasteiger partial charge in [-0.2, -0.15) is 0 Å². The van der Waals surface area contributed by atoms with Gasteiger partial charge in [-0.1, -0.05) is 18.2 Å². The molecule has 1 aromatic heterocycles. The molecule has 2 nitrogen and oxygen atoms in total. The predicted octanol–water partition coefficient (Wildman–Crippen LogP) is 2.70. The number of rotatable bonds is 0. The van der Waals surface area contributed by atoms with E-state index >= 15 is 0 Å². The molecule has 0 bridgehead atoms. The summed E-state index contributed by atoms with van der Waals surface area (Å²) in [6.07, 6.45) is 0. The van der Waals surface area contributed by atoms with Crippen LogP contribution in [0, 0.1) is 6.92 Å². The summed E-state index contributed by atoms with van der Waals surface area (Å²) in [4.78, 5) is 8.45. The molecule has 0 fully saturated rings. The number of para-hydroxylation sites is 1. The fourth-order valence-electron chi connectivity index (χ4n) is 1.20. The Kier molecular flexibility index (Phi) is 1.81. The van der Waals surface area contributed by atoms with Gasteiger partial charge in [-0.05, 0) is 28.9 Å². The van der Waals surface area contributed by atoms with Gasteiger partial charge in [0.25, 0.3) is 0 Å². The largest absolute Gasteiger partial charge is 0.227 e. The molecular weight excluding hydrogens is 216 g/mol. The van der Waals surface area contributed by atoms with Gasteiger partial charge in [0.1, 0.15) is 0 Å². The van der Waals surface area contributed by atoms with Crippen molar-refractivity contribution >= 4 is 26.8 Å². The summed E-state index contributed by atoms with van der Waals surface area (Å²) in [6, 6.07) is 7.97. The van der Waals surface area contributed by atoms with E-state index in [1.54, 1.807) is 0 Å². The third-order valence-corrected chi connectivity index (χ3v) is 2.12. The van der Waals surface area contributed by atoms with Gasteiger partial charge in [0, 0.05) is 11.1 Å². The van der Waals surface area contributed by atoms with Crippen LogP contribution in [0.3, 0.4) is 0 Å². The zero-order chi connectivity index (χ0) is 8.55. The fourth-order valence-corrected chi connectivity index (χ4v) is 1.66. The molecule has 1 heterocycles.